The van der Waals surface area contributed by atoms with Crippen LogP contribution in [0.5, 0.6) is 5.75 Å². The maximum Gasteiger partial charge on any atom is 0.152 e. The van der Waals surface area contributed by atoms with Crippen LogP contribution in [0.15, 0.2) is 65.1 Å². The lowest BCUT2D eigenvalue weighted by Crippen LogP contribution is -2.08. The molecule has 0 saturated carbocycles. The Labute approximate surface area is 160 Å². The first-order valence-corrected chi connectivity index (χ1v) is 9.36. The van der Waals surface area contributed by atoms with E-state index in [1.165, 1.54) is 21.8 Å². The first-order valence-electron chi connectivity index (χ1n) is 8.19. The molecule has 1 heterocycles. The van der Waals surface area contributed by atoms with E-state index in [1.807, 2.05) is 19.1 Å². The van der Waals surface area contributed by atoms with Gasteiger partial charge < -0.3 is 9.30 Å². The summed E-state index contributed by atoms with van der Waals surface area (Å²) in [5.41, 5.74) is 3.55. The summed E-state index contributed by atoms with van der Waals surface area (Å²) >= 11 is 9.86. The second-order valence-corrected chi connectivity index (χ2v) is 7.35. The zero-order valence-corrected chi connectivity index (χ0v) is 16.1. The van der Waals surface area contributed by atoms with E-state index in [2.05, 4.69) is 69.0 Å². The Morgan fingerprint density at radius 2 is 1.56 bits per heavy atom. The summed E-state index contributed by atoms with van der Waals surface area (Å²) in [7, 11) is 0. The summed E-state index contributed by atoms with van der Waals surface area (Å²) in [4.78, 5) is 0. The van der Waals surface area contributed by atoms with Crippen LogP contribution in [0.3, 0.4) is 0 Å². The molecule has 4 heteroatoms. The van der Waals surface area contributed by atoms with Crippen molar-refractivity contribution in [2.75, 3.05) is 6.61 Å². The molecule has 0 aliphatic carbocycles. The van der Waals surface area contributed by atoms with Crippen LogP contribution in [0, 0.1) is 6.92 Å². The third-order valence-corrected chi connectivity index (χ3v) is 5.25. The van der Waals surface area contributed by atoms with Gasteiger partial charge in [-0.2, -0.15) is 0 Å². The lowest BCUT2D eigenvalue weighted by atomic mass is 10.2. The van der Waals surface area contributed by atoms with Gasteiger partial charge >= 0.3 is 0 Å². The number of halogens is 2. The molecule has 0 spiro atoms. The van der Waals surface area contributed by atoms with Crippen molar-refractivity contribution in [2.45, 2.75) is 13.5 Å². The molecule has 0 aliphatic rings. The number of fused-ring (bicyclic) bond motifs is 3. The zero-order chi connectivity index (χ0) is 17.4. The highest BCUT2D eigenvalue weighted by Gasteiger charge is 2.11. The van der Waals surface area contributed by atoms with Crippen LogP contribution >= 0.6 is 27.5 Å². The summed E-state index contributed by atoms with van der Waals surface area (Å²) in [6.45, 7) is 3.31. The number of aryl methyl sites for hydroxylation is 1. The number of rotatable bonds is 4. The van der Waals surface area contributed by atoms with Crippen molar-refractivity contribution in [1.29, 1.82) is 0 Å². The van der Waals surface area contributed by atoms with Gasteiger partial charge in [0.25, 0.3) is 0 Å². The highest BCUT2D eigenvalue weighted by Crippen LogP contribution is 2.34. The number of para-hydroxylation sites is 2. The highest BCUT2D eigenvalue weighted by atomic mass is 79.9. The first kappa shape index (κ1) is 16.5. The Kier molecular flexibility index (Phi) is 4.45. The van der Waals surface area contributed by atoms with Gasteiger partial charge in [-0.15, -0.1) is 0 Å². The molecule has 0 saturated heterocycles. The summed E-state index contributed by atoms with van der Waals surface area (Å²) in [6.07, 6.45) is 0. The van der Waals surface area contributed by atoms with Gasteiger partial charge in [0.1, 0.15) is 6.61 Å². The SMILES string of the molecule is Cc1cc(Cl)c(OCCn2c3ccccc3c3ccccc32)c(Br)c1. The summed E-state index contributed by atoms with van der Waals surface area (Å²) in [6, 6.07) is 20.9. The summed E-state index contributed by atoms with van der Waals surface area (Å²) in [5, 5.41) is 3.18. The van der Waals surface area contributed by atoms with Gasteiger partial charge in [0, 0.05) is 21.8 Å². The number of aromatic nitrogens is 1. The summed E-state index contributed by atoms with van der Waals surface area (Å²) < 4.78 is 9.19. The monoisotopic (exact) mass is 413 g/mol. The Balaban J connectivity index is 1.65. The molecule has 0 unspecified atom stereocenters. The number of hydrogen-bond acceptors (Lipinski definition) is 1. The van der Waals surface area contributed by atoms with Crippen LogP contribution in [-0.2, 0) is 6.54 Å². The number of nitrogens with zero attached hydrogens (tertiary/aromatic N) is 1. The second kappa shape index (κ2) is 6.74. The van der Waals surface area contributed by atoms with Crippen molar-refractivity contribution >= 4 is 49.3 Å². The molecule has 1 aromatic heterocycles. The van der Waals surface area contributed by atoms with Gasteiger partial charge in [0.05, 0.1) is 16.0 Å². The molecular formula is C21H17BrClNO. The van der Waals surface area contributed by atoms with Gasteiger partial charge in [-0.3, -0.25) is 0 Å². The molecule has 4 rings (SSSR count). The number of benzene rings is 3. The Bertz CT molecular complexity index is 994. The predicted octanol–water partition coefficient (Wildman–Crippen LogP) is 6.60. The third kappa shape index (κ3) is 3.03. The zero-order valence-electron chi connectivity index (χ0n) is 13.8. The van der Waals surface area contributed by atoms with Gasteiger partial charge in [-0.25, -0.2) is 0 Å². The van der Waals surface area contributed by atoms with Gasteiger partial charge in [0.15, 0.2) is 5.75 Å². The molecule has 0 radical (unpaired) electrons. The molecule has 0 N–H and O–H groups in total. The molecule has 0 amide bonds. The lowest BCUT2D eigenvalue weighted by Gasteiger charge is -2.13. The van der Waals surface area contributed by atoms with Gasteiger partial charge in [-0.05, 0) is 52.7 Å². The minimum Gasteiger partial charge on any atom is -0.489 e. The van der Waals surface area contributed by atoms with Gasteiger partial charge in [-0.1, -0.05) is 48.0 Å². The first-order chi connectivity index (χ1) is 12.1. The van der Waals surface area contributed by atoms with E-state index in [0.29, 0.717) is 17.4 Å². The topological polar surface area (TPSA) is 14.2 Å². The van der Waals surface area contributed by atoms with E-state index in [9.17, 15) is 0 Å². The number of ether oxygens (including phenoxy) is 1. The van der Waals surface area contributed by atoms with E-state index in [-0.39, 0.29) is 0 Å². The summed E-state index contributed by atoms with van der Waals surface area (Å²) in [5.74, 6) is 0.702. The van der Waals surface area contributed by atoms with E-state index >= 15 is 0 Å². The molecule has 2 nitrogen and oxygen atoms in total. The average Bonchev–Trinajstić information content (AvgIpc) is 2.92. The quantitative estimate of drug-likeness (QED) is 0.367. The van der Waals surface area contributed by atoms with E-state index in [0.717, 1.165) is 16.6 Å². The molecule has 0 fully saturated rings. The number of hydrogen-bond donors (Lipinski definition) is 0. The second-order valence-electron chi connectivity index (χ2n) is 6.09. The van der Waals surface area contributed by atoms with Crippen LogP contribution in [0.4, 0.5) is 0 Å². The maximum absolute atomic E-state index is 6.32. The fourth-order valence-electron chi connectivity index (χ4n) is 3.31. The molecule has 25 heavy (non-hydrogen) atoms. The molecular weight excluding hydrogens is 398 g/mol. The van der Waals surface area contributed by atoms with E-state index in [4.69, 9.17) is 16.3 Å². The molecule has 0 atom stereocenters. The predicted molar refractivity (Wildman–Crippen MR) is 109 cm³/mol. The van der Waals surface area contributed by atoms with Crippen molar-refractivity contribution in [3.63, 3.8) is 0 Å². The Morgan fingerprint density at radius 1 is 0.960 bits per heavy atom. The minimum atomic E-state index is 0.546. The average molecular weight is 415 g/mol. The normalized spacial score (nSPS) is 11.3. The van der Waals surface area contributed by atoms with Crippen molar-refractivity contribution in [3.05, 3.63) is 75.7 Å². The third-order valence-electron chi connectivity index (χ3n) is 4.38. The molecule has 126 valence electrons. The van der Waals surface area contributed by atoms with Crippen molar-refractivity contribution in [3.8, 4) is 5.75 Å². The van der Waals surface area contributed by atoms with Crippen LogP contribution in [0.25, 0.3) is 21.8 Å². The van der Waals surface area contributed by atoms with Crippen molar-refractivity contribution in [1.82, 2.24) is 4.57 Å². The maximum atomic E-state index is 6.32. The molecule has 4 aromatic rings. The highest BCUT2D eigenvalue weighted by molar-refractivity contribution is 9.10. The van der Waals surface area contributed by atoms with Crippen LogP contribution < -0.4 is 4.74 Å². The molecule has 0 bridgehead atoms. The fraction of sp³-hybridized carbons (Fsp3) is 0.143. The van der Waals surface area contributed by atoms with Crippen LogP contribution in [0.2, 0.25) is 5.02 Å². The van der Waals surface area contributed by atoms with Crippen molar-refractivity contribution < 1.29 is 4.74 Å². The Hall–Kier alpha value is -1.97. The van der Waals surface area contributed by atoms with E-state index < -0.39 is 0 Å². The minimum absolute atomic E-state index is 0.546. The van der Waals surface area contributed by atoms with Crippen LogP contribution in [0.1, 0.15) is 5.56 Å². The largest absolute Gasteiger partial charge is 0.489 e. The van der Waals surface area contributed by atoms with Crippen molar-refractivity contribution in [2.24, 2.45) is 0 Å². The standard InChI is InChI=1S/C21H17BrClNO/c1-14-12-17(22)21(18(23)13-14)25-11-10-24-19-8-4-2-6-15(19)16-7-3-5-9-20(16)24/h2-9,12-13H,10-11H2,1H3. The fourth-order valence-corrected chi connectivity index (χ4v) is 4.44. The van der Waals surface area contributed by atoms with E-state index in [1.54, 1.807) is 0 Å². The molecule has 0 aliphatic heterocycles. The molecule has 3 aromatic carbocycles. The van der Waals surface area contributed by atoms with Crippen LogP contribution in [-0.4, -0.2) is 11.2 Å². The smallest absolute Gasteiger partial charge is 0.152 e. The van der Waals surface area contributed by atoms with Gasteiger partial charge in [0.2, 0.25) is 0 Å². The lowest BCUT2D eigenvalue weighted by molar-refractivity contribution is 0.300. The Morgan fingerprint density at radius 3 is 2.16 bits per heavy atom.